The number of hydrogen-bond donors (Lipinski definition) is 1. The van der Waals surface area contributed by atoms with Crippen LogP contribution in [0.5, 0.6) is 0 Å². The van der Waals surface area contributed by atoms with E-state index in [-0.39, 0.29) is 5.91 Å². The summed E-state index contributed by atoms with van der Waals surface area (Å²) in [6.45, 7) is 0. The van der Waals surface area contributed by atoms with Crippen LogP contribution in [0.25, 0.3) is 0 Å². The van der Waals surface area contributed by atoms with Crippen LogP contribution in [0.4, 0.5) is 5.13 Å². The van der Waals surface area contributed by atoms with Crippen molar-refractivity contribution in [3.63, 3.8) is 0 Å². The highest BCUT2D eigenvalue weighted by atomic mass is 35.5. The third-order valence-electron chi connectivity index (χ3n) is 1.69. The molecule has 0 aliphatic carbocycles. The van der Waals surface area contributed by atoms with Gasteiger partial charge in [-0.1, -0.05) is 22.9 Å². The molecule has 0 spiro atoms. The summed E-state index contributed by atoms with van der Waals surface area (Å²) >= 11 is 6.98. The van der Waals surface area contributed by atoms with E-state index in [2.05, 4.69) is 15.5 Å². The van der Waals surface area contributed by atoms with Gasteiger partial charge in [0.1, 0.15) is 5.51 Å². The van der Waals surface area contributed by atoms with Crippen molar-refractivity contribution in [2.75, 3.05) is 5.32 Å². The predicted molar refractivity (Wildman–Crippen MR) is 59.3 cm³/mol. The Labute approximate surface area is 94.9 Å². The van der Waals surface area contributed by atoms with Gasteiger partial charge in [0, 0.05) is 10.6 Å². The first-order valence-electron chi connectivity index (χ1n) is 4.09. The summed E-state index contributed by atoms with van der Waals surface area (Å²) in [4.78, 5) is 11.6. The first-order chi connectivity index (χ1) is 7.25. The summed E-state index contributed by atoms with van der Waals surface area (Å²) in [5, 5.41) is 11.0. The number of aromatic nitrogens is 2. The van der Waals surface area contributed by atoms with Crippen molar-refractivity contribution in [1.82, 2.24) is 10.2 Å². The number of nitrogens with one attached hydrogen (secondary N) is 1. The van der Waals surface area contributed by atoms with Gasteiger partial charge < -0.3 is 0 Å². The summed E-state index contributed by atoms with van der Waals surface area (Å²) in [6.07, 6.45) is 0. The van der Waals surface area contributed by atoms with Crippen LogP contribution in [0.1, 0.15) is 10.4 Å². The van der Waals surface area contributed by atoms with Crippen molar-refractivity contribution < 1.29 is 4.79 Å². The minimum absolute atomic E-state index is 0.219. The number of carbonyl (C=O) groups excluding carboxylic acids is 1. The number of halogens is 1. The molecular weight excluding hydrogens is 234 g/mol. The molecule has 1 aromatic carbocycles. The van der Waals surface area contributed by atoms with E-state index in [4.69, 9.17) is 11.6 Å². The molecule has 1 aromatic heterocycles. The summed E-state index contributed by atoms with van der Waals surface area (Å²) in [7, 11) is 0. The van der Waals surface area contributed by atoms with Crippen molar-refractivity contribution in [2.45, 2.75) is 0 Å². The quantitative estimate of drug-likeness (QED) is 0.876. The molecular formula is C9H6ClN3OS. The Hall–Kier alpha value is -1.46. The molecule has 0 aliphatic heterocycles. The second kappa shape index (κ2) is 4.37. The number of carbonyl (C=O) groups is 1. The lowest BCUT2D eigenvalue weighted by molar-refractivity contribution is 0.102. The molecule has 1 heterocycles. The minimum Gasteiger partial charge on any atom is -0.296 e. The average Bonchev–Trinajstić information content (AvgIpc) is 2.71. The first kappa shape index (κ1) is 10.1. The number of benzene rings is 1. The van der Waals surface area contributed by atoms with Gasteiger partial charge in [-0.2, -0.15) is 0 Å². The summed E-state index contributed by atoms with van der Waals surface area (Å²) < 4.78 is 0. The van der Waals surface area contributed by atoms with Crippen molar-refractivity contribution in [3.05, 3.63) is 40.4 Å². The molecule has 0 aliphatic rings. The molecule has 0 saturated carbocycles. The Morgan fingerprint density at radius 3 is 2.67 bits per heavy atom. The monoisotopic (exact) mass is 239 g/mol. The van der Waals surface area contributed by atoms with E-state index in [1.165, 1.54) is 11.3 Å². The zero-order valence-electron chi connectivity index (χ0n) is 7.48. The van der Waals surface area contributed by atoms with Crippen molar-refractivity contribution in [1.29, 1.82) is 0 Å². The van der Waals surface area contributed by atoms with Crippen LogP contribution >= 0.6 is 22.9 Å². The van der Waals surface area contributed by atoms with Crippen LogP contribution in [0.2, 0.25) is 5.02 Å². The van der Waals surface area contributed by atoms with Crippen LogP contribution in [-0.2, 0) is 0 Å². The highest BCUT2D eigenvalue weighted by Gasteiger charge is 2.06. The maximum Gasteiger partial charge on any atom is 0.257 e. The summed E-state index contributed by atoms with van der Waals surface area (Å²) in [5.74, 6) is -0.219. The van der Waals surface area contributed by atoms with E-state index in [9.17, 15) is 4.79 Å². The molecule has 2 aromatic rings. The molecule has 2 rings (SSSR count). The molecule has 6 heteroatoms. The molecule has 0 saturated heterocycles. The first-order valence-corrected chi connectivity index (χ1v) is 5.34. The van der Waals surface area contributed by atoms with E-state index in [1.807, 2.05) is 0 Å². The van der Waals surface area contributed by atoms with Crippen LogP contribution in [-0.4, -0.2) is 16.1 Å². The number of anilines is 1. The SMILES string of the molecule is O=C(Nc1nncs1)c1ccc(Cl)cc1. The van der Waals surface area contributed by atoms with E-state index >= 15 is 0 Å². The van der Waals surface area contributed by atoms with Crippen molar-refractivity contribution in [2.24, 2.45) is 0 Å². The predicted octanol–water partition coefficient (Wildman–Crippen LogP) is 2.44. The highest BCUT2D eigenvalue weighted by Crippen LogP contribution is 2.13. The zero-order chi connectivity index (χ0) is 10.7. The Balaban J connectivity index is 2.11. The van der Waals surface area contributed by atoms with Gasteiger partial charge in [-0.3, -0.25) is 10.1 Å². The van der Waals surface area contributed by atoms with E-state index in [0.717, 1.165) is 0 Å². The van der Waals surface area contributed by atoms with Gasteiger partial charge in [0.25, 0.3) is 5.91 Å². The fourth-order valence-electron chi connectivity index (χ4n) is 0.998. The van der Waals surface area contributed by atoms with Crippen LogP contribution in [0.3, 0.4) is 0 Å². The molecule has 15 heavy (non-hydrogen) atoms. The highest BCUT2D eigenvalue weighted by molar-refractivity contribution is 7.13. The Kier molecular flexibility index (Phi) is 2.94. The smallest absolute Gasteiger partial charge is 0.257 e. The second-order valence-corrected chi connectivity index (χ2v) is 3.97. The normalized spacial score (nSPS) is 9.93. The van der Waals surface area contributed by atoms with E-state index < -0.39 is 0 Å². The molecule has 0 bridgehead atoms. The largest absolute Gasteiger partial charge is 0.296 e. The van der Waals surface area contributed by atoms with E-state index in [0.29, 0.717) is 15.7 Å². The molecule has 1 amide bonds. The lowest BCUT2D eigenvalue weighted by Gasteiger charge is -2.00. The second-order valence-electron chi connectivity index (χ2n) is 2.70. The van der Waals surface area contributed by atoms with Gasteiger partial charge in [-0.15, -0.1) is 10.2 Å². The summed E-state index contributed by atoms with van der Waals surface area (Å²) in [5.41, 5.74) is 2.09. The topological polar surface area (TPSA) is 54.9 Å². The molecule has 0 atom stereocenters. The molecule has 0 radical (unpaired) electrons. The maximum absolute atomic E-state index is 11.6. The molecule has 1 N–H and O–H groups in total. The molecule has 4 nitrogen and oxygen atoms in total. The fourth-order valence-corrected chi connectivity index (χ4v) is 1.56. The van der Waals surface area contributed by atoms with Gasteiger partial charge in [-0.25, -0.2) is 0 Å². The number of rotatable bonds is 2. The lowest BCUT2D eigenvalue weighted by Crippen LogP contribution is -2.11. The third kappa shape index (κ3) is 2.51. The van der Waals surface area contributed by atoms with Gasteiger partial charge in [0.15, 0.2) is 0 Å². The lowest BCUT2D eigenvalue weighted by atomic mass is 10.2. The van der Waals surface area contributed by atoms with Gasteiger partial charge in [0.05, 0.1) is 0 Å². The van der Waals surface area contributed by atoms with Gasteiger partial charge in [0.2, 0.25) is 5.13 Å². The van der Waals surface area contributed by atoms with Gasteiger partial charge in [-0.05, 0) is 24.3 Å². The molecule has 0 unspecified atom stereocenters. The Bertz CT molecular complexity index is 455. The number of nitrogens with zero attached hydrogens (tertiary/aromatic N) is 2. The van der Waals surface area contributed by atoms with Crippen molar-refractivity contribution in [3.8, 4) is 0 Å². The number of hydrogen-bond acceptors (Lipinski definition) is 4. The average molecular weight is 240 g/mol. The Morgan fingerprint density at radius 1 is 1.33 bits per heavy atom. The molecule has 76 valence electrons. The zero-order valence-corrected chi connectivity index (χ0v) is 9.05. The Morgan fingerprint density at radius 2 is 2.07 bits per heavy atom. The summed E-state index contributed by atoms with van der Waals surface area (Å²) in [6, 6.07) is 6.63. The standard InChI is InChI=1S/C9H6ClN3OS/c10-7-3-1-6(2-4-7)8(14)12-9-13-11-5-15-9/h1-5H,(H,12,13,14). The van der Waals surface area contributed by atoms with Crippen LogP contribution in [0.15, 0.2) is 29.8 Å². The van der Waals surface area contributed by atoms with E-state index in [1.54, 1.807) is 29.8 Å². The molecule has 0 fully saturated rings. The third-order valence-corrected chi connectivity index (χ3v) is 2.55. The van der Waals surface area contributed by atoms with Crippen LogP contribution < -0.4 is 5.32 Å². The van der Waals surface area contributed by atoms with Gasteiger partial charge >= 0.3 is 0 Å². The minimum atomic E-state index is -0.219. The van der Waals surface area contributed by atoms with Crippen molar-refractivity contribution >= 4 is 34.0 Å². The fraction of sp³-hybridized carbons (Fsp3) is 0. The van der Waals surface area contributed by atoms with Crippen LogP contribution in [0, 0.1) is 0 Å². The number of amides is 1. The maximum atomic E-state index is 11.6.